The van der Waals surface area contributed by atoms with Crippen LogP contribution in [0.3, 0.4) is 0 Å². The maximum Gasteiger partial charge on any atom is 0.202 e. The van der Waals surface area contributed by atoms with Gasteiger partial charge in [0.25, 0.3) is 0 Å². The number of hydrogen-bond donors (Lipinski definition) is 0. The second-order valence-electron chi connectivity index (χ2n) is 6.31. The highest BCUT2D eigenvalue weighted by Gasteiger charge is 2.26. The van der Waals surface area contributed by atoms with Crippen LogP contribution in [0.2, 0.25) is 5.02 Å². The van der Waals surface area contributed by atoms with E-state index in [1.807, 2.05) is 35.0 Å². The third kappa shape index (κ3) is 4.25. The molecule has 1 heterocycles. The number of benzene rings is 2. The summed E-state index contributed by atoms with van der Waals surface area (Å²) in [5.41, 5.74) is 1.38. The van der Waals surface area contributed by atoms with E-state index in [0.717, 1.165) is 5.69 Å². The van der Waals surface area contributed by atoms with Gasteiger partial charge >= 0.3 is 0 Å². The number of halogens is 2. The van der Waals surface area contributed by atoms with Crippen LogP contribution < -0.4 is 9.47 Å². The van der Waals surface area contributed by atoms with Crippen LogP contribution in [-0.4, -0.2) is 38.3 Å². The van der Waals surface area contributed by atoms with Crippen molar-refractivity contribution in [2.45, 2.75) is 0 Å². The van der Waals surface area contributed by atoms with Gasteiger partial charge in [-0.05, 0) is 48.5 Å². The van der Waals surface area contributed by atoms with Crippen LogP contribution >= 0.6 is 11.6 Å². The first-order valence-electron chi connectivity index (χ1n) is 9.09. The molecule has 0 spiro atoms. The largest absolute Gasteiger partial charge is 0.493 e. The fourth-order valence-corrected chi connectivity index (χ4v) is 3.34. The van der Waals surface area contributed by atoms with E-state index >= 15 is 0 Å². The molecular formula is C23H21ClFNO4. The summed E-state index contributed by atoms with van der Waals surface area (Å²) in [6, 6.07) is 11.2. The van der Waals surface area contributed by atoms with Gasteiger partial charge in [-0.25, -0.2) is 4.39 Å². The van der Waals surface area contributed by atoms with Gasteiger partial charge in [-0.15, -0.1) is 0 Å². The number of nitrogens with zero attached hydrogens (tertiary/aromatic N) is 1. The Morgan fingerprint density at radius 1 is 1.13 bits per heavy atom. The molecule has 0 aliphatic heterocycles. The summed E-state index contributed by atoms with van der Waals surface area (Å²) >= 11 is 6.18. The topological polar surface area (TPSA) is 49.7 Å². The van der Waals surface area contributed by atoms with E-state index in [1.54, 1.807) is 19.2 Å². The first-order valence-corrected chi connectivity index (χ1v) is 9.47. The third-order valence-corrected chi connectivity index (χ3v) is 4.75. The maximum atomic E-state index is 14.7. The molecule has 0 aliphatic rings. The molecule has 0 saturated heterocycles. The molecule has 3 aromatic rings. The third-order valence-electron chi connectivity index (χ3n) is 4.52. The van der Waals surface area contributed by atoms with Gasteiger partial charge in [-0.1, -0.05) is 17.7 Å². The molecule has 7 heteroatoms. The molecule has 0 atom stereocenters. The summed E-state index contributed by atoms with van der Waals surface area (Å²) in [6.07, 6.45) is 5.54. The van der Waals surface area contributed by atoms with Crippen molar-refractivity contribution in [1.82, 2.24) is 4.57 Å². The number of methoxy groups -OCH3 is 3. The molecule has 156 valence electrons. The molecule has 0 bridgehead atoms. The number of ketones is 1. The first kappa shape index (κ1) is 21.6. The molecule has 5 nitrogen and oxygen atoms in total. The molecule has 30 heavy (non-hydrogen) atoms. The second-order valence-corrected chi connectivity index (χ2v) is 6.75. The lowest BCUT2D eigenvalue weighted by Crippen LogP contribution is -2.12. The van der Waals surface area contributed by atoms with Crippen molar-refractivity contribution in [2.75, 3.05) is 27.9 Å². The zero-order valence-electron chi connectivity index (χ0n) is 16.8. The van der Waals surface area contributed by atoms with Gasteiger partial charge in [0.15, 0.2) is 11.5 Å². The Bertz CT molecular complexity index is 1090. The highest BCUT2D eigenvalue weighted by atomic mass is 35.5. The first-order chi connectivity index (χ1) is 14.5. The highest BCUT2D eigenvalue weighted by Crippen LogP contribution is 2.36. The molecule has 0 radical (unpaired) electrons. The standard InChI is InChI=1S/C23H21ClFNO4/c1-28-13-5-7-16-6-4-12-26(16)19-10-8-15(24)14-17(19)22(27)21-18(25)9-11-20(29-2)23(21)30-3/h4-12,14H,13H2,1-3H3/b7-5+. The SMILES string of the molecule is COC/C=C/c1cccn1-c1ccc(Cl)cc1C(=O)c1c(F)ccc(OC)c1OC. The maximum absolute atomic E-state index is 14.7. The number of carbonyl (C=O) groups is 1. The van der Waals surface area contributed by atoms with Crippen molar-refractivity contribution < 1.29 is 23.4 Å². The predicted molar refractivity (Wildman–Crippen MR) is 115 cm³/mol. The molecule has 0 N–H and O–H groups in total. The summed E-state index contributed by atoms with van der Waals surface area (Å²) in [7, 11) is 4.39. The van der Waals surface area contributed by atoms with Crippen molar-refractivity contribution in [2.24, 2.45) is 0 Å². The number of ether oxygens (including phenoxy) is 3. The molecule has 0 unspecified atom stereocenters. The van der Waals surface area contributed by atoms with Crippen molar-refractivity contribution in [3.8, 4) is 17.2 Å². The highest BCUT2D eigenvalue weighted by molar-refractivity contribution is 6.31. The Kier molecular flexibility index (Phi) is 6.92. The molecule has 3 rings (SSSR count). The fourth-order valence-electron chi connectivity index (χ4n) is 3.16. The van der Waals surface area contributed by atoms with E-state index in [2.05, 4.69) is 0 Å². The van der Waals surface area contributed by atoms with E-state index in [-0.39, 0.29) is 22.6 Å². The average Bonchev–Trinajstić information content (AvgIpc) is 3.21. The van der Waals surface area contributed by atoms with Gasteiger partial charge in [0, 0.05) is 29.6 Å². The van der Waals surface area contributed by atoms with Crippen LogP contribution in [0.5, 0.6) is 11.5 Å². The summed E-state index contributed by atoms with van der Waals surface area (Å²) in [4.78, 5) is 13.5. The minimum Gasteiger partial charge on any atom is -0.493 e. The van der Waals surface area contributed by atoms with E-state index < -0.39 is 11.6 Å². The van der Waals surface area contributed by atoms with Gasteiger partial charge < -0.3 is 18.8 Å². The Morgan fingerprint density at radius 3 is 2.63 bits per heavy atom. The quantitative estimate of drug-likeness (QED) is 0.463. The van der Waals surface area contributed by atoms with Crippen molar-refractivity contribution >= 4 is 23.5 Å². The van der Waals surface area contributed by atoms with Crippen LogP contribution in [0.25, 0.3) is 11.8 Å². The van der Waals surface area contributed by atoms with Crippen molar-refractivity contribution in [3.05, 3.63) is 82.4 Å². The lowest BCUT2D eigenvalue weighted by molar-refractivity contribution is 0.103. The summed E-state index contributed by atoms with van der Waals surface area (Å²) < 4.78 is 32.1. The molecule has 0 aliphatic carbocycles. The van der Waals surface area contributed by atoms with E-state index in [0.29, 0.717) is 17.3 Å². The number of carbonyl (C=O) groups excluding carboxylic acids is 1. The Morgan fingerprint density at radius 2 is 1.93 bits per heavy atom. The second kappa shape index (κ2) is 9.61. The average molecular weight is 430 g/mol. The lowest BCUT2D eigenvalue weighted by Gasteiger charge is -2.16. The summed E-state index contributed by atoms with van der Waals surface area (Å²) in [5.74, 6) is -0.992. The van der Waals surface area contributed by atoms with Crippen LogP contribution in [-0.2, 0) is 4.74 Å². The smallest absolute Gasteiger partial charge is 0.202 e. The Hall–Kier alpha value is -3.09. The minimum atomic E-state index is -0.712. The number of hydrogen-bond acceptors (Lipinski definition) is 4. The van der Waals surface area contributed by atoms with Gasteiger partial charge in [0.2, 0.25) is 5.78 Å². The normalized spacial score (nSPS) is 11.1. The zero-order chi connectivity index (χ0) is 21.7. The fraction of sp³-hybridized carbons (Fsp3) is 0.174. The molecule has 0 fully saturated rings. The van der Waals surface area contributed by atoms with E-state index in [1.165, 1.54) is 32.4 Å². The number of rotatable bonds is 8. The van der Waals surface area contributed by atoms with Crippen LogP contribution in [0.15, 0.2) is 54.7 Å². The molecule has 2 aromatic carbocycles. The van der Waals surface area contributed by atoms with Gasteiger partial charge in [0.1, 0.15) is 11.4 Å². The van der Waals surface area contributed by atoms with Gasteiger partial charge in [-0.3, -0.25) is 4.79 Å². The molecular weight excluding hydrogens is 409 g/mol. The predicted octanol–water partition coefficient (Wildman–Crippen LogP) is 5.18. The van der Waals surface area contributed by atoms with Crippen LogP contribution in [0, 0.1) is 5.82 Å². The Labute approximate surface area is 179 Å². The van der Waals surface area contributed by atoms with Crippen molar-refractivity contribution in [3.63, 3.8) is 0 Å². The Balaban J connectivity index is 2.17. The van der Waals surface area contributed by atoms with Gasteiger partial charge in [0.05, 0.1) is 26.5 Å². The lowest BCUT2D eigenvalue weighted by atomic mass is 9.99. The monoisotopic (exact) mass is 429 g/mol. The van der Waals surface area contributed by atoms with Crippen LogP contribution in [0.4, 0.5) is 4.39 Å². The summed E-state index contributed by atoms with van der Waals surface area (Å²) in [5, 5.41) is 0.355. The van der Waals surface area contributed by atoms with Gasteiger partial charge in [-0.2, -0.15) is 0 Å². The molecule has 1 aromatic heterocycles. The van der Waals surface area contributed by atoms with E-state index in [4.69, 9.17) is 25.8 Å². The minimum absolute atomic E-state index is 0.0288. The molecule has 0 amide bonds. The van der Waals surface area contributed by atoms with Crippen molar-refractivity contribution in [1.29, 1.82) is 0 Å². The number of aromatic nitrogens is 1. The summed E-state index contributed by atoms with van der Waals surface area (Å²) in [6.45, 7) is 0.448. The molecule has 0 saturated carbocycles. The van der Waals surface area contributed by atoms with E-state index in [9.17, 15) is 9.18 Å². The zero-order valence-corrected chi connectivity index (χ0v) is 17.6. The van der Waals surface area contributed by atoms with Crippen LogP contribution in [0.1, 0.15) is 21.6 Å².